The summed E-state index contributed by atoms with van der Waals surface area (Å²) in [6.45, 7) is 10.9. The van der Waals surface area contributed by atoms with Gasteiger partial charge in [0.25, 0.3) is 0 Å². The Morgan fingerprint density at radius 1 is 1.16 bits per heavy atom. The fraction of sp³-hybridized carbons (Fsp3) is 0.583. The van der Waals surface area contributed by atoms with Crippen LogP contribution in [0.2, 0.25) is 0 Å². The van der Waals surface area contributed by atoms with Gasteiger partial charge in [-0.3, -0.25) is 4.68 Å². The van der Waals surface area contributed by atoms with Crippen molar-refractivity contribution in [1.82, 2.24) is 25.7 Å². The van der Waals surface area contributed by atoms with E-state index in [0.29, 0.717) is 12.6 Å². The molecule has 0 aliphatic heterocycles. The monoisotopic (exact) mass is 538 g/mol. The highest BCUT2D eigenvalue weighted by molar-refractivity contribution is 14.0. The third kappa shape index (κ3) is 6.68. The zero-order chi connectivity index (χ0) is 21.6. The second-order valence-corrected chi connectivity index (χ2v) is 8.59. The maximum absolute atomic E-state index is 4.86. The van der Waals surface area contributed by atoms with Gasteiger partial charge in [0, 0.05) is 43.0 Å². The molecule has 3 rings (SSSR count). The van der Waals surface area contributed by atoms with Crippen LogP contribution in [-0.4, -0.2) is 34.4 Å². The van der Waals surface area contributed by atoms with E-state index in [9.17, 15) is 0 Å². The average Bonchev–Trinajstić information content (AvgIpc) is 3.30. The Morgan fingerprint density at radius 2 is 1.84 bits per heavy atom. The van der Waals surface area contributed by atoms with Gasteiger partial charge in [-0.15, -0.1) is 24.0 Å². The van der Waals surface area contributed by atoms with Crippen LogP contribution in [0.4, 0.5) is 0 Å². The van der Waals surface area contributed by atoms with Crippen LogP contribution >= 0.6 is 24.0 Å². The van der Waals surface area contributed by atoms with E-state index in [1.165, 1.54) is 42.5 Å². The predicted molar refractivity (Wildman–Crippen MR) is 140 cm³/mol. The van der Waals surface area contributed by atoms with Crippen molar-refractivity contribution in [1.29, 1.82) is 0 Å². The first-order valence-corrected chi connectivity index (χ1v) is 11.3. The molecule has 0 radical (unpaired) electrons. The Bertz CT molecular complexity index is 839. The highest BCUT2D eigenvalue weighted by Gasteiger charge is 2.35. The minimum absolute atomic E-state index is 0. The van der Waals surface area contributed by atoms with Crippen LogP contribution in [0.15, 0.2) is 35.3 Å². The Hall–Kier alpha value is -1.61. The number of aryl methyl sites for hydroxylation is 2. The second kappa shape index (κ2) is 11.9. The fourth-order valence-electron chi connectivity index (χ4n) is 4.51. The summed E-state index contributed by atoms with van der Waals surface area (Å²) < 4.78 is 1.93. The van der Waals surface area contributed by atoms with E-state index in [2.05, 4.69) is 79.1 Å². The SMILES string of the molecule is CCNC(=NCc1c(C)nn(C)c1C)NCC1(NC(C)c2ccccc2)CCCC1.I. The van der Waals surface area contributed by atoms with Crippen molar-refractivity contribution in [2.45, 2.75) is 71.5 Å². The molecule has 31 heavy (non-hydrogen) atoms. The Morgan fingerprint density at radius 3 is 2.42 bits per heavy atom. The molecule has 1 heterocycles. The first-order valence-electron chi connectivity index (χ1n) is 11.3. The summed E-state index contributed by atoms with van der Waals surface area (Å²) in [6, 6.07) is 11.0. The van der Waals surface area contributed by atoms with E-state index >= 15 is 0 Å². The summed E-state index contributed by atoms with van der Waals surface area (Å²) in [5, 5.41) is 15.5. The number of nitrogens with one attached hydrogen (secondary N) is 3. The van der Waals surface area contributed by atoms with Gasteiger partial charge in [0.2, 0.25) is 0 Å². The first kappa shape index (κ1) is 25.6. The van der Waals surface area contributed by atoms with Gasteiger partial charge in [-0.05, 0) is 46.1 Å². The van der Waals surface area contributed by atoms with Gasteiger partial charge >= 0.3 is 0 Å². The Kier molecular flexibility index (Phi) is 9.81. The summed E-state index contributed by atoms with van der Waals surface area (Å²) in [7, 11) is 1.99. The number of guanidine groups is 1. The molecule has 3 N–H and O–H groups in total. The molecule has 0 spiro atoms. The average molecular weight is 539 g/mol. The molecule has 1 fully saturated rings. The number of hydrogen-bond donors (Lipinski definition) is 3. The van der Waals surface area contributed by atoms with Crippen molar-refractivity contribution in [2.24, 2.45) is 12.0 Å². The van der Waals surface area contributed by atoms with Crippen LogP contribution in [0.1, 0.15) is 68.1 Å². The number of aliphatic imine (C=N–C) groups is 1. The number of nitrogens with zero attached hydrogens (tertiary/aromatic N) is 3. The molecule has 1 aliphatic rings. The molecule has 6 nitrogen and oxygen atoms in total. The molecular formula is C24H39IN6. The number of halogens is 1. The van der Waals surface area contributed by atoms with Crippen LogP contribution < -0.4 is 16.0 Å². The Labute approximate surface area is 204 Å². The van der Waals surface area contributed by atoms with Gasteiger partial charge in [-0.2, -0.15) is 5.10 Å². The lowest BCUT2D eigenvalue weighted by atomic mass is 9.94. The van der Waals surface area contributed by atoms with Crippen molar-refractivity contribution in [3.8, 4) is 0 Å². The molecule has 1 atom stereocenters. The molecule has 0 amide bonds. The van der Waals surface area contributed by atoms with Crippen LogP contribution in [-0.2, 0) is 13.6 Å². The highest BCUT2D eigenvalue weighted by Crippen LogP contribution is 2.31. The van der Waals surface area contributed by atoms with Crippen LogP contribution in [0.3, 0.4) is 0 Å². The minimum Gasteiger partial charge on any atom is -0.357 e. The lowest BCUT2D eigenvalue weighted by Gasteiger charge is -2.35. The first-order chi connectivity index (χ1) is 14.4. The van der Waals surface area contributed by atoms with E-state index in [0.717, 1.165) is 24.7 Å². The minimum atomic E-state index is 0. The number of hydrogen-bond acceptors (Lipinski definition) is 3. The molecule has 7 heteroatoms. The summed E-state index contributed by atoms with van der Waals surface area (Å²) >= 11 is 0. The molecule has 1 aliphatic carbocycles. The van der Waals surface area contributed by atoms with E-state index in [1.807, 2.05) is 11.7 Å². The molecule has 1 aromatic heterocycles. The predicted octanol–water partition coefficient (Wildman–Crippen LogP) is 4.37. The molecule has 0 saturated heterocycles. The molecule has 1 unspecified atom stereocenters. The van der Waals surface area contributed by atoms with Crippen LogP contribution in [0, 0.1) is 13.8 Å². The van der Waals surface area contributed by atoms with Gasteiger partial charge in [-0.1, -0.05) is 43.2 Å². The molecule has 1 saturated carbocycles. The fourth-order valence-corrected chi connectivity index (χ4v) is 4.51. The van der Waals surface area contributed by atoms with Crippen molar-refractivity contribution in [3.05, 3.63) is 52.8 Å². The third-order valence-corrected chi connectivity index (χ3v) is 6.38. The number of rotatable bonds is 8. The molecule has 2 aromatic rings. The molecule has 0 bridgehead atoms. The standard InChI is InChI=1S/C24H38N6.HI/c1-6-25-23(26-16-22-19(3)29-30(5)20(22)4)27-17-24(14-10-11-15-24)28-18(2)21-12-8-7-9-13-21;/h7-9,12-13,18,28H,6,10-11,14-17H2,1-5H3,(H2,25,26,27);1H. The summed E-state index contributed by atoms with van der Waals surface area (Å²) in [5.74, 6) is 0.876. The third-order valence-electron chi connectivity index (χ3n) is 6.38. The van der Waals surface area contributed by atoms with E-state index in [-0.39, 0.29) is 29.5 Å². The zero-order valence-electron chi connectivity index (χ0n) is 19.7. The van der Waals surface area contributed by atoms with Crippen molar-refractivity contribution in [3.63, 3.8) is 0 Å². The van der Waals surface area contributed by atoms with Crippen LogP contribution in [0.5, 0.6) is 0 Å². The Balaban J connectivity index is 0.00000341. The molecular weight excluding hydrogens is 499 g/mol. The van der Waals surface area contributed by atoms with Gasteiger partial charge in [0.1, 0.15) is 0 Å². The summed E-state index contributed by atoms with van der Waals surface area (Å²) in [6.07, 6.45) is 4.94. The van der Waals surface area contributed by atoms with Gasteiger partial charge < -0.3 is 16.0 Å². The summed E-state index contributed by atoms with van der Waals surface area (Å²) in [4.78, 5) is 4.86. The second-order valence-electron chi connectivity index (χ2n) is 8.59. The van der Waals surface area contributed by atoms with Crippen molar-refractivity contribution >= 4 is 29.9 Å². The zero-order valence-corrected chi connectivity index (χ0v) is 22.0. The van der Waals surface area contributed by atoms with Crippen molar-refractivity contribution in [2.75, 3.05) is 13.1 Å². The highest BCUT2D eigenvalue weighted by atomic mass is 127. The lowest BCUT2D eigenvalue weighted by molar-refractivity contribution is 0.297. The van der Waals surface area contributed by atoms with E-state index in [4.69, 9.17) is 4.99 Å². The molecule has 1 aromatic carbocycles. The molecule has 172 valence electrons. The van der Waals surface area contributed by atoms with Gasteiger partial charge in [-0.25, -0.2) is 4.99 Å². The quantitative estimate of drug-likeness (QED) is 0.265. The van der Waals surface area contributed by atoms with E-state index in [1.54, 1.807) is 0 Å². The van der Waals surface area contributed by atoms with Crippen molar-refractivity contribution < 1.29 is 0 Å². The lowest BCUT2D eigenvalue weighted by Crippen LogP contribution is -2.54. The normalized spacial score (nSPS) is 16.6. The van der Waals surface area contributed by atoms with Gasteiger partial charge in [0.05, 0.1) is 12.2 Å². The number of aromatic nitrogens is 2. The summed E-state index contributed by atoms with van der Waals surface area (Å²) in [5.41, 5.74) is 4.89. The number of benzene rings is 1. The topological polar surface area (TPSA) is 66.3 Å². The van der Waals surface area contributed by atoms with Crippen LogP contribution in [0.25, 0.3) is 0 Å². The largest absolute Gasteiger partial charge is 0.357 e. The van der Waals surface area contributed by atoms with E-state index < -0.39 is 0 Å². The smallest absolute Gasteiger partial charge is 0.191 e. The van der Waals surface area contributed by atoms with Gasteiger partial charge in [0.15, 0.2) is 5.96 Å². The maximum Gasteiger partial charge on any atom is 0.191 e. The maximum atomic E-state index is 4.86.